The second kappa shape index (κ2) is 16.8. The number of allylic oxidation sites excluding steroid dienone is 1. The summed E-state index contributed by atoms with van der Waals surface area (Å²) in [5.74, 6) is 1.04. The van der Waals surface area contributed by atoms with Crippen molar-refractivity contribution in [1.82, 2.24) is 10.6 Å². The lowest BCUT2D eigenvalue weighted by atomic mass is 9.69. The van der Waals surface area contributed by atoms with Gasteiger partial charge in [0.2, 0.25) is 0 Å². The maximum absolute atomic E-state index is 14.0. The normalized spacial score (nSPS) is 20.4. The molecule has 1 fully saturated rings. The van der Waals surface area contributed by atoms with E-state index in [0.717, 1.165) is 67.5 Å². The summed E-state index contributed by atoms with van der Waals surface area (Å²) in [6, 6.07) is 8.94. The van der Waals surface area contributed by atoms with Crippen molar-refractivity contribution in [3.63, 3.8) is 0 Å². The van der Waals surface area contributed by atoms with Crippen molar-refractivity contribution < 1.29 is 34.0 Å². The zero-order valence-electron chi connectivity index (χ0n) is 28.1. The monoisotopic (exact) mass is 636 g/mol. The van der Waals surface area contributed by atoms with Gasteiger partial charge in [-0.2, -0.15) is 0 Å². The molecule has 4 N–H and O–H groups in total. The number of Topliss-reactive ketones (excluding diaryl/α,β-unsaturated/α-hetero) is 1. The molecular weight excluding hydrogens is 584 g/mol. The lowest BCUT2D eigenvalue weighted by molar-refractivity contribution is -0.147. The number of hydrogen-bond donors (Lipinski definition) is 4. The molecular formula is C37H52N2O7. The number of benzene rings is 2. The number of rotatable bonds is 16. The minimum absolute atomic E-state index is 0.0420. The third-order valence-electron chi connectivity index (χ3n) is 9.51. The molecule has 252 valence electrons. The number of nitrogens with one attached hydrogen (secondary N) is 2. The summed E-state index contributed by atoms with van der Waals surface area (Å²) in [7, 11) is 5.00. The molecule has 2 aromatic carbocycles. The fourth-order valence-electron chi connectivity index (χ4n) is 7.36. The van der Waals surface area contributed by atoms with Crippen LogP contribution in [0.1, 0.15) is 87.8 Å². The minimum Gasteiger partial charge on any atom is -0.504 e. The maximum Gasteiger partial charge on any atom is 0.302 e. The molecule has 2 aliphatic carbocycles. The standard InChI is InChI=1S/C37H52N2O7/c1-6-15-39-33(22-38-3)32-17-25-9-7-8-10-28(25)29(31-21-37(45-5)35(43)20-30(31)32)19-26(41)18-27(46-23(2)40)13-11-24-12-14-34(42)36(16-24)44-4/h12,14,16-17,20-21,25,27-29,33,38-39,42-43H,6-11,13,15,18-19,22H2,1-5H3/t25-,27+,28-,29+,33-/m0/s1. The van der Waals surface area contributed by atoms with Gasteiger partial charge in [0.25, 0.3) is 0 Å². The Morgan fingerprint density at radius 2 is 1.76 bits per heavy atom. The van der Waals surface area contributed by atoms with Gasteiger partial charge in [-0.05, 0) is 110 Å². The number of likely N-dealkylation sites (N-methyl/N-ethyl adjacent to an activating group) is 1. The number of carbonyl (C=O) groups is 2. The first kappa shape index (κ1) is 35.3. The fraction of sp³-hybridized carbons (Fsp3) is 0.568. The number of fused-ring (bicyclic) bond motifs is 2. The molecule has 1 saturated carbocycles. The van der Waals surface area contributed by atoms with Gasteiger partial charge in [-0.25, -0.2) is 0 Å². The molecule has 0 saturated heterocycles. The van der Waals surface area contributed by atoms with Gasteiger partial charge >= 0.3 is 5.97 Å². The highest BCUT2D eigenvalue weighted by atomic mass is 16.5. The fourth-order valence-corrected chi connectivity index (χ4v) is 7.36. The number of ketones is 1. The van der Waals surface area contributed by atoms with Crippen molar-refractivity contribution in [3.8, 4) is 23.0 Å². The van der Waals surface area contributed by atoms with Crippen LogP contribution in [-0.4, -0.2) is 68.5 Å². The van der Waals surface area contributed by atoms with Crippen LogP contribution in [0.3, 0.4) is 0 Å². The summed E-state index contributed by atoms with van der Waals surface area (Å²) in [6.07, 6.45) is 8.63. The lowest BCUT2D eigenvalue weighted by Gasteiger charge is -2.35. The van der Waals surface area contributed by atoms with E-state index in [1.54, 1.807) is 25.3 Å². The highest BCUT2D eigenvalue weighted by Crippen LogP contribution is 2.50. The van der Waals surface area contributed by atoms with Crippen LogP contribution >= 0.6 is 0 Å². The van der Waals surface area contributed by atoms with E-state index in [1.807, 2.05) is 19.2 Å². The summed E-state index contributed by atoms with van der Waals surface area (Å²) in [5.41, 5.74) is 4.07. The van der Waals surface area contributed by atoms with Gasteiger partial charge in [0.05, 0.1) is 14.2 Å². The van der Waals surface area contributed by atoms with Crippen LogP contribution in [-0.2, 0) is 20.7 Å². The zero-order chi connectivity index (χ0) is 33.2. The van der Waals surface area contributed by atoms with E-state index >= 15 is 0 Å². The van der Waals surface area contributed by atoms with Gasteiger partial charge in [0, 0.05) is 32.4 Å². The summed E-state index contributed by atoms with van der Waals surface area (Å²) in [5, 5.41) is 28.0. The smallest absolute Gasteiger partial charge is 0.302 e. The number of hydrogen-bond acceptors (Lipinski definition) is 9. The summed E-state index contributed by atoms with van der Waals surface area (Å²) in [6.45, 7) is 5.12. The van der Waals surface area contributed by atoms with Crippen LogP contribution in [0.5, 0.6) is 23.0 Å². The Labute approximate surface area is 273 Å². The van der Waals surface area contributed by atoms with E-state index < -0.39 is 12.1 Å². The number of phenols is 2. The molecule has 4 rings (SSSR count). The highest BCUT2D eigenvalue weighted by molar-refractivity contribution is 5.82. The van der Waals surface area contributed by atoms with Crippen LogP contribution in [0.25, 0.3) is 5.57 Å². The summed E-state index contributed by atoms with van der Waals surface area (Å²) in [4.78, 5) is 26.0. The van der Waals surface area contributed by atoms with Crippen molar-refractivity contribution in [2.45, 2.75) is 89.7 Å². The predicted octanol–water partition coefficient (Wildman–Crippen LogP) is 5.90. The average Bonchev–Trinajstić information content (AvgIpc) is 3.16. The summed E-state index contributed by atoms with van der Waals surface area (Å²) < 4.78 is 16.5. The van der Waals surface area contributed by atoms with Crippen molar-refractivity contribution in [1.29, 1.82) is 0 Å². The zero-order valence-corrected chi connectivity index (χ0v) is 28.1. The Hall–Kier alpha value is -3.56. The Morgan fingerprint density at radius 1 is 1.02 bits per heavy atom. The Balaban J connectivity index is 1.65. The number of esters is 1. The molecule has 0 radical (unpaired) electrons. The molecule has 0 unspecified atom stereocenters. The van der Waals surface area contributed by atoms with E-state index in [0.29, 0.717) is 36.7 Å². The minimum atomic E-state index is -0.571. The van der Waals surface area contributed by atoms with Crippen LogP contribution in [0.2, 0.25) is 0 Å². The van der Waals surface area contributed by atoms with Gasteiger partial charge in [-0.15, -0.1) is 0 Å². The predicted molar refractivity (Wildman–Crippen MR) is 180 cm³/mol. The molecule has 0 spiro atoms. The van der Waals surface area contributed by atoms with E-state index in [9.17, 15) is 19.8 Å². The van der Waals surface area contributed by atoms with Crippen molar-refractivity contribution >= 4 is 17.3 Å². The van der Waals surface area contributed by atoms with E-state index in [-0.39, 0.29) is 41.6 Å². The topological polar surface area (TPSA) is 126 Å². The maximum atomic E-state index is 14.0. The number of aryl methyl sites for hydroxylation is 1. The molecule has 2 aliphatic rings. The van der Waals surface area contributed by atoms with Gasteiger partial charge in [-0.3, -0.25) is 9.59 Å². The molecule has 0 heterocycles. The third kappa shape index (κ3) is 8.82. The largest absolute Gasteiger partial charge is 0.504 e. The average molecular weight is 637 g/mol. The lowest BCUT2D eigenvalue weighted by Crippen LogP contribution is -2.39. The van der Waals surface area contributed by atoms with Crippen LogP contribution in [0.15, 0.2) is 36.4 Å². The van der Waals surface area contributed by atoms with Gasteiger partial charge in [0.1, 0.15) is 11.9 Å². The molecule has 0 bridgehead atoms. The molecule has 5 atom stereocenters. The van der Waals surface area contributed by atoms with E-state index in [1.165, 1.54) is 14.0 Å². The van der Waals surface area contributed by atoms with Gasteiger partial charge < -0.3 is 35.1 Å². The SMILES string of the molecule is CCCN[C@@H](CNC)C1=C[C@@H]2CCCC[C@@H]2[C@@H](CC(=O)C[C@@H](CCc2ccc(O)c(OC)c2)OC(C)=O)c2cc(OC)c(O)cc21. The first-order valence-electron chi connectivity index (χ1n) is 16.7. The first-order chi connectivity index (χ1) is 22.2. The quantitative estimate of drug-likeness (QED) is 0.167. The van der Waals surface area contributed by atoms with E-state index in [4.69, 9.17) is 14.2 Å². The van der Waals surface area contributed by atoms with Crippen LogP contribution < -0.4 is 20.1 Å². The number of carbonyl (C=O) groups excluding carboxylic acids is 2. The molecule has 0 amide bonds. The number of aromatic hydroxyl groups is 2. The second-order valence-electron chi connectivity index (χ2n) is 12.7. The van der Waals surface area contributed by atoms with Crippen LogP contribution in [0.4, 0.5) is 0 Å². The Kier molecular flexibility index (Phi) is 12.9. The number of methoxy groups -OCH3 is 2. The van der Waals surface area contributed by atoms with Crippen molar-refractivity contribution in [2.75, 3.05) is 34.4 Å². The molecule has 9 heteroatoms. The van der Waals surface area contributed by atoms with Crippen molar-refractivity contribution in [2.24, 2.45) is 11.8 Å². The first-order valence-corrected chi connectivity index (χ1v) is 16.7. The Morgan fingerprint density at radius 3 is 2.46 bits per heavy atom. The molecule has 0 aromatic heterocycles. The van der Waals surface area contributed by atoms with Crippen molar-refractivity contribution in [3.05, 3.63) is 53.1 Å². The van der Waals surface area contributed by atoms with E-state index in [2.05, 4.69) is 23.6 Å². The molecule has 2 aromatic rings. The van der Waals surface area contributed by atoms with Gasteiger partial charge in [0.15, 0.2) is 23.0 Å². The summed E-state index contributed by atoms with van der Waals surface area (Å²) >= 11 is 0. The number of phenolic OH excluding ortho intramolecular Hbond substituents is 2. The Bertz CT molecular complexity index is 1370. The molecule has 9 nitrogen and oxygen atoms in total. The number of ether oxygens (including phenoxy) is 3. The molecule has 0 aliphatic heterocycles. The van der Waals surface area contributed by atoms with Crippen LogP contribution in [0, 0.1) is 11.8 Å². The molecule has 46 heavy (non-hydrogen) atoms. The third-order valence-corrected chi connectivity index (χ3v) is 9.51. The van der Waals surface area contributed by atoms with Gasteiger partial charge in [-0.1, -0.05) is 31.9 Å². The second-order valence-corrected chi connectivity index (χ2v) is 12.7. The highest BCUT2D eigenvalue weighted by Gasteiger charge is 2.39.